The summed E-state index contributed by atoms with van der Waals surface area (Å²) >= 11 is 0. The molecule has 7 heteroatoms. The van der Waals surface area contributed by atoms with Crippen LogP contribution in [-0.2, 0) is 19.1 Å². The van der Waals surface area contributed by atoms with Crippen molar-refractivity contribution >= 4 is 35.5 Å². The lowest BCUT2D eigenvalue weighted by molar-refractivity contribution is -0.138. The van der Waals surface area contributed by atoms with E-state index < -0.39 is 11.9 Å². The van der Waals surface area contributed by atoms with Crippen LogP contribution in [0.2, 0.25) is 0 Å². The predicted octanol–water partition coefficient (Wildman–Crippen LogP) is 4.17. The van der Waals surface area contributed by atoms with Gasteiger partial charge in [0, 0.05) is 17.8 Å². The molecular weight excluding hydrogens is 372 g/mol. The number of hydrogen-bond acceptors (Lipinski definition) is 7. The van der Waals surface area contributed by atoms with Gasteiger partial charge in [-0.1, -0.05) is 24.3 Å². The van der Waals surface area contributed by atoms with Crippen LogP contribution in [0.5, 0.6) is 0 Å². The molecule has 0 bridgehead atoms. The van der Waals surface area contributed by atoms with E-state index >= 15 is 0 Å². The molecule has 0 unspecified atom stereocenters. The second kappa shape index (κ2) is 11.3. The largest absolute Gasteiger partial charge is 0.739 e. The summed E-state index contributed by atoms with van der Waals surface area (Å²) in [5, 5.41) is 12.9. The van der Waals surface area contributed by atoms with Gasteiger partial charge in [-0.3, -0.25) is 0 Å². The van der Waals surface area contributed by atoms with Crippen LogP contribution in [0.15, 0.2) is 60.7 Å². The molecule has 29 heavy (non-hydrogen) atoms. The fourth-order valence-electron chi connectivity index (χ4n) is 2.28. The summed E-state index contributed by atoms with van der Waals surface area (Å²) < 4.78 is 9.64. The van der Waals surface area contributed by atoms with Crippen LogP contribution in [-0.4, -0.2) is 25.2 Å². The van der Waals surface area contributed by atoms with Gasteiger partial charge in [-0.25, -0.2) is 9.59 Å². The van der Waals surface area contributed by atoms with Crippen LogP contribution in [0.3, 0.4) is 0 Å². The molecule has 0 aliphatic heterocycles. The van der Waals surface area contributed by atoms with Crippen molar-refractivity contribution in [2.45, 2.75) is 13.8 Å². The van der Waals surface area contributed by atoms with Gasteiger partial charge in [0.2, 0.25) is 0 Å². The number of ether oxygens (including phenoxy) is 2. The molecule has 0 heterocycles. The van der Waals surface area contributed by atoms with Gasteiger partial charge in [0.15, 0.2) is 0 Å². The van der Waals surface area contributed by atoms with E-state index in [2.05, 4.69) is 5.43 Å². The topological polar surface area (TPSA) is 90.9 Å². The maximum atomic E-state index is 12.3. The molecule has 0 aliphatic carbocycles. The van der Waals surface area contributed by atoms with Crippen molar-refractivity contribution in [3.63, 3.8) is 0 Å². The minimum Gasteiger partial charge on any atom is -0.739 e. The minimum absolute atomic E-state index is 0.321. The second-order valence-corrected chi connectivity index (χ2v) is 5.79. The molecule has 0 aliphatic rings. The van der Waals surface area contributed by atoms with E-state index in [0.29, 0.717) is 29.8 Å². The Hall–Kier alpha value is -3.58. The molecule has 0 amide bonds. The SMILES string of the molecule is CCOC(=O)C=Cc1ccc(NN([O-])c2ccc(C=CC(=O)OCC)cc2)cc1. The summed E-state index contributed by atoms with van der Waals surface area (Å²) in [4.78, 5) is 22.6. The molecule has 152 valence electrons. The molecule has 0 fully saturated rings. The number of nitrogens with one attached hydrogen (secondary N) is 1. The average Bonchev–Trinajstić information content (AvgIpc) is 2.72. The van der Waals surface area contributed by atoms with Crippen LogP contribution in [0.1, 0.15) is 25.0 Å². The Balaban J connectivity index is 1.93. The first-order chi connectivity index (χ1) is 14.0. The molecule has 0 saturated heterocycles. The number of carbonyl (C=O) groups is 2. The number of esters is 2. The molecule has 0 spiro atoms. The number of benzene rings is 2. The second-order valence-electron chi connectivity index (χ2n) is 5.79. The highest BCUT2D eigenvalue weighted by molar-refractivity contribution is 5.87. The molecule has 7 nitrogen and oxygen atoms in total. The first-order valence-electron chi connectivity index (χ1n) is 9.15. The van der Waals surface area contributed by atoms with Gasteiger partial charge < -0.3 is 25.3 Å². The molecule has 2 rings (SSSR count). The van der Waals surface area contributed by atoms with Gasteiger partial charge in [0.1, 0.15) is 0 Å². The van der Waals surface area contributed by atoms with Crippen molar-refractivity contribution in [1.29, 1.82) is 0 Å². The van der Waals surface area contributed by atoms with Gasteiger partial charge >= 0.3 is 11.9 Å². The molecule has 1 N–H and O–H groups in total. The summed E-state index contributed by atoms with van der Waals surface area (Å²) in [5.74, 6) is -0.815. The third-order valence-corrected chi connectivity index (χ3v) is 3.67. The van der Waals surface area contributed by atoms with Gasteiger partial charge in [0.25, 0.3) is 0 Å². The van der Waals surface area contributed by atoms with Gasteiger partial charge in [-0.15, -0.1) is 0 Å². The molecule has 0 saturated carbocycles. The van der Waals surface area contributed by atoms with Crippen molar-refractivity contribution < 1.29 is 19.1 Å². The zero-order valence-corrected chi connectivity index (χ0v) is 16.3. The third-order valence-electron chi connectivity index (χ3n) is 3.67. The first kappa shape index (κ1) is 21.7. The lowest BCUT2D eigenvalue weighted by Gasteiger charge is -2.31. The van der Waals surface area contributed by atoms with Crippen LogP contribution < -0.4 is 10.6 Å². The smallest absolute Gasteiger partial charge is 0.330 e. The fourth-order valence-corrected chi connectivity index (χ4v) is 2.28. The Morgan fingerprint density at radius 3 is 1.76 bits per heavy atom. The number of rotatable bonds is 9. The lowest BCUT2D eigenvalue weighted by atomic mass is 10.2. The standard InChI is InChI=1S/C22H23N2O5/c1-3-28-21(25)15-9-17-5-11-19(12-6-17)23-24(27)20-13-7-18(8-14-20)10-16-22(26)29-4-2/h5-16,23H,3-4H2,1-2H3/q-1. The lowest BCUT2D eigenvalue weighted by Crippen LogP contribution is -2.22. The minimum atomic E-state index is -0.413. The molecular formula is C22H23N2O5-. The van der Waals surface area contributed by atoms with Crippen LogP contribution in [0, 0.1) is 5.21 Å². The zero-order chi connectivity index (χ0) is 21.1. The molecule has 0 aromatic heterocycles. The predicted molar refractivity (Wildman–Crippen MR) is 114 cm³/mol. The summed E-state index contributed by atoms with van der Waals surface area (Å²) in [7, 11) is 0. The molecule has 2 aromatic carbocycles. The van der Waals surface area contributed by atoms with E-state index in [9.17, 15) is 14.8 Å². The number of nitrogens with zero attached hydrogens (tertiary/aromatic N) is 1. The van der Waals surface area contributed by atoms with Crippen molar-refractivity contribution in [2.75, 3.05) is 23.8 Å². The quantitative estimate of drug-likeness (QED) is 0.387. The Morgan fingerprint density at radius 2 is 1.31 bits per heavy atom. The van der Waals surface area contributed by atoms with E-state index in [0.717, 1.165) is 11.1 Å². The summed E-state index contributed by atoms with van der Waals surface area (Å²) in [6.07, 6.45) is 5.94. The summed E-state index contributed by atoms with van der Waals surface area (Å²) in [6, 6.07) is 13.7. The Morgan fingerprint density at radius 1 is 0.862 bits per heavy atom. The monoisotopic (exact) mass is 395 g/mol. The number of hydrazine groups is 1. The number of carbonyl (C=O) groups excluding carboxylic acids is 2. The highest BCUT2D eigenvalue weighted by atomic mass is 16.5. The van der Waals surface area contributed by atoms with Crippen molar-refractivity contribution in [3.8, 4) is 0 Å². The maximum Gasteiger partial charge on any atom is 0.330 e. The first-order valence-corrected chi connectivity index (χ1v) is 9.15. The van der Waals surface area contributed by atoms with Crippen molar-refractivity contribution in [2.24, 2.45) is 0 Å². The molecule has 0 radical (unpaired) electrons. The van der Waals surface area contributed by atoms with E-state index in [1.807, 2.05) is 0 Å². The molecule has 0 atom stereocenters. The number of hydrogen-bond donors (Lipinski definition) is 1. The van der Waals surface area contributed by atoms with Crippen LogP contribution >= 0.6 is 0 Å². The summed E-state index contributed by atoms with van der Waals surface area (Å²) in [6.45, 7) is 4.13. The van der Waals surface area contributed by atoms with Crippen LogP contribution in [0.4, 0.5) is 11.4 Å². The average molecular weight is 395 g/mol. The van der Waals surface area contributed by atoms with Crippen molar-refractivity contribution in [1.82, 2.24) is 0 Å². The zero-order valence-electron chi connectivity index (χ0n) is 16.3. The van der Waals surface area contributed by atoms with E-state index in [1.54, 1.807) is 74.5 Å². The highest BCUT2D eigenvalue weighted by Crippen LogP contribution is 2.18. The number of anilines is 2. The van der Waals surface area contributed by atoms with E-state index in [1.165, 1.54) is 12.2 Å². The maximum absolute atomic E-state index is 12.3. The van der Waals surface area contributed by atoms with E-state index in [4.69, 9.17) is 9.47 Å². The van der Waals surface area contributed by atoms with Gasteiger partial charge in [-0.05, 0) is 61.4 Å². The van der Waals surface area contributed by atoms with Gasteiger partial charge in [0.05, 0.1) is 18.9 Å². The van der Waals surface area contributed by atoms with Crippen molar-refractivity contribution in [3.05, 3.63) is 77.0 Å². The molecule has 2 aromatic rings. The summed E-state index contributed by atoms with van der Waals surface area (Å²) in [5.41, 5.74) is 5.31. The van der Waals surface area contributed by atoms with Gasteiger partial charge in [-0.2, -0.15) is 0 Å². The highest BCUT2D eigenvalue weighted by Gasteiger charge is 1.99. The Kier molecular flexibility index (Phi) is 8.47. The van der Waals surface area contributed by atoms with Crippen LogP contribution in [0.25, 0.3) is 12.2 Å². The third kappa shape index (κ3) is 7.51. The Labute approximate surface area is 169 Å². The normalized spacial score (nSPS) is 10.9. The fraction of sp³-hybridized carbons (Fsp3) is 0.182. The van der Waals surface area contributed by atoms with E-state index in [-0.39, 0.29) is 0 Å². The Bertz CT molecular complexity index is 858.